The minimum atomic E-state index is -0.374. The van der Waals surface area contributed by atoms with Crippen molar-refractivity contribution in [3.63, 3.8) is 0 Å². The molecule has 0 saturated carbocycles. The highest BCUT2D eigenvalue weighted by Crippen LogP contribution is 2.39. The number of aromatic nitrogens is 3. The Morgan fingerprint density at radius 2 is 2.00 bits per heavy atom. The quantitative estimate of drug-likeness (QED) is 0.223. The lowest BCUT2D eigenvalue weighted by Crippen LogP contribution is -2.16. The maximum Gasteiger partial charge on any atom is 0.341 e. The molecule has 1 amide bonds. The molecule has 1 N–H and O–H groups in total. The van der Waals surface area contributed by atoms with E-state index < -0.39 is 0 Å². The molecule has 3 aromatic rings. The van der Waals surface area contributed by atoms with Gasteiger partial charge in [0.25, 0.3) is 0 Å². The van der Waals surface area contributed by atoms with Crippen LogP contribution in [0.4, 0.5) is 5.00 Å². The number of fused-ring (bicyclic) bond motifs is 2. The first-order chi connectivity index (χ1) is 17.5. The van der Waals surface area contributed by atoms with Gasteiger partial charge >= 0.3 is 5.97 Å². The third-order valence-electron chi connectivity index (χ3n) is 7.07. The van der Waals surface area contributed by atoms with Crippen LogP contribution in [0.3, 0.4) is 0 Å². The van der Waals surface area contributed by atoms with Crippen LogP contribution in [0.1, 0.15) is 70.8 Å². The van der Waals surface area contributed by atoms with E-state index in [0.29, 0.717) is 10.6 Å². The summed E-state index contributed by atoms with van der Waals surface area (Å²) in [5.41, 5.74) is 4.20. The van der Waals surface area contributed by atoms with Gasteiger partial charge in [-0.1, -0.05) is 25.1 Å². The number of thiophene rings is 2. The van der Waals surface area contributed by atoms with Crippen LogP contribution in [-0.2, 0) is 41.8 Å². The fraction of sp³-hybridized carbons (Fsp3) is 0.538. The van der Waals surface area contributed by atoms with Crippen LogP contribution < -0.4 is 5.32 Å². The largest absolute Gasteiger partial charge is 0.465 e. The Morgan fingerprint density at radius 3 is 2.81 bits per heavy atom. The van der Waals surface area contributed by atoms with Crippen molar-refractivity contribution in [3.8, 4) is 11.4 Å². The second-order valence-corrected chi connectivity index (χ2v) is 12.6. The summed E-state index contributed by atoms with van der Waals surface area (Å²) in [6, 6.07) is 0. The normalized spacial score (nSPS) is 17.2. The number of carbonyl (C=O) groups is 2. The Kier molecular flexibility index (Phi) is 7.83. The highest BCUT2D eigenvalue weighted by Gasteiger charge is 2.27. The molecule has 0 spiro atoms. The summed E-state index contributed by atoms with van der Waals surface area (Å²) in [7, 11) is 1.39. The second kappa shape index (κ2) is 11.1. The number of ether oxygens (including phenoxy) is 1. The molecule has 1 unspecified atom stereocenters. The molecule has 0 bridgehead atoms. The standard InChI is InChI=1S/C26H32N4O3S3/c1-4-30-23(18-13-34-20-12-15(2)10-11-16(18)20)28-29-26(30)35-14-21(31)27-24-22(25(32)33-3)17-8-6-5-7-9-19(17)36-24/h13,15H,4-12,14H2,1-3H3,(H,27,31). The highest BCUT2D eigenvalue weighted by molar-refractivity contribution is 7.99. The minimum absolute atomic E-state index is 0.157. The summed E-state index contributed by atoms with van der Waals surface area (Å²) < 4.78 is 7.16. The fourth-order valence-electron chi connectivity index (χ4n) is 5.19. The Morgan fingerprint density at radius 1 is 1.17 bits per heavy atom. The predicted molar refractivity (Wildman–Crippen MR) is 146 cm³/mol. The first kappa shape index (κ1) is 25.5. The van der Waals surface area contributed by atoms with Gasteiger partial charge in [0.15, 0.2) is 11.0 Å². The summed E-state index contributed by atoms with van der Waals surface area (Å²) in [6.07, 6.45) is 8.56. The molecule has 192 valence electrons. The molecule has 3 heterocycles. The molecule has 0 aliphatic heterocycles. The summed E-state index contributed by atoms with van der Waals surface area (Å²) in [5, 5.41) is 15.5. The average molecular weight is 545 g/mol. The smallest absolute Gasteiger partial charge is 0.341 e. The van der Waals surface area contributed by atoms with Crippen molar-refractivity contribution in [2.24, 2.45) is 5.92 Å². The maximum absolute atomic E-state index is 13.0. The zero-order chi connectivity index (χ0) is 25.2. The zero-order valence-electron chi connectivity index (χ0n) is 21.0. The van der Waals surface area contributed by atoms with Crippen molar-refractivity contribution >= 4 is 51.3 Å². The number of amides is 1. The number of methoxy groups -OCH3 is 1. The van der Waals surface area contributed by atoms with Crippen LogP contribution in [-0.4, -0.2) is 39.5 Å². The van der Waals surface area contributed by atoms with Crippen molar-refractivity contribution in [1.29, 1.82) is 0 Å². The number of nitrogens with zero attached hydrogens (tertiary/aromatic N) is 3. The van der Waals surface area contributed by atoms with Crippen LogP contribution >= 0.6 is 34.4 Å². The monoisotopic (exact) mass is 544 g/mol. The molecule has 10 heteroatoms. The molecule has 0 saturated heterocycles. The van der Waals surface area contributed by atoms with Gasteiger partial charge in [-0.2, -0.15) is 0 Å². The van der Waals surface area contributed by atoms with Gasteiger partial charge in [-0.05, 0) is 68.9 Å². The van der Waals surface area contributed by atoms with E-state index in [0.717, 1.165) is 74.0 Å². The van der Waals surface area contributed by atoms with Gasteiger partial charge in [0.1, 0.15) is 5.00 Å². The topological polar surface area (TPSA) is 86.1 Å². The molecule has 0 radical (unpaired) electrons. The number of hydrogen-bond acceptors (Lipinski definition) is 8. The number of thioether (sulfide) groups is 1. The third-order valence-corrected chi connectivity index (χ3v) is 10.3. The maximum atomic E-state index is 13.0. The average Bonchev–Trinajstić information content (AvgIpc) is 3.52. The van der Waals surface area contributed by atoms with E-state index in [1.807, 2.05) is 11.3 Å². The highest BCUT2D eigenvalue weighted by atomic mass is 32.2. The molecule has 0 fully saturated rings. The van der Waals surface area contributed by atoms with Gasteiger partial charge in [-0.3, -0.25) is 4.79 Å². The summed E-state index contributed by atoms with van der Waals surface area (Å²) in [5.74, 6) is 1.29. The SMILES string of the molecule is CCn1c(SCC(=O)Nc2sc3c(c2C(=O)OC)CCCCC3)nnc1-c1csc2c1CCC(C)C2. The van der Waals surface area contributed by atoms with Gasteiger partial charge in [0.2, 0.25) is 5.91 Å². The first-order valence-electron chi connectivity index (χ1n) is 12.7. The lowest BCUT2D eigenvalue weighted by Gasteiger charge is -2.19. The lowest BCUT2D eigenvalue weighted by atomic mass is 9.88. The van der Waals surface area contributed by atoms with E-state index >= 15 is 0 Å². The molecule has 5 rings (SSSR count). The van der Waals surface area contributed by atoms with Crippen LogP contribution in [0.2, 0.25) is 0 Å². The number of nitrogens with one attached hydrogen (secondary N) is 1. The van der Waals surface area contributed by atoms with Gasteiger partial charge in [0, 0.05) is 27.2 Å². The van der Waals surface area contributed by atoms with Crippen molar-refractivity contribution in [1.82, 2.24) is 14.8 Å². The van der Waals surface area contributed by atoms with Crippen LogP contribution in [0, 0.1) is 5.92 Å². The van der Waals surface area contributed by atoms with Crippen molar-refractivity contribution in [2.75, 3.05) is 18.2 Å². The Labute approximate surface area is 224 Å². The molecule has 1 atom stereocenters. The molecule has 2 aliphatic rings. The zero-order valence-corrected chi connectivity index (χ0v) is 23.5. The number of rotatable bonds is 7. The number of aryl methyl sites for hydroxylation is 1. The van der Waals surface area contributed by atoms with Crippen LogP contribution in [0.5, 0.6) is 0 Å². The summed E-state index contributed by atoms with van der Waals surface area (Å²) in [6.45, 7) is 5.13. The van der Waals surface area contributed by atoms with E-state index in [2.05, 4.69) is 39.3 Å². The fourth-order valence-corrected chi connectivity index (χ4v) is 8.52. The lowest BCUT2D eigenvalue weighted by molar-refractivity contribution is -0.113. The van der Waals surface area contributed by atoms with Gasteiger partial charge < -0.3 is 14.6 Å². The summed E-state index contributed by atoms with van der Waals surface area (Å²) in [4.78, 5) is 28.2. The first-order valence-corrected chi connectivity index (χ1v) is 15.4. The molecule has 0 aromatic carbocycles. The Bertz CT molecular complexity index is 1280. The summed E-state index contributed by atoms with van der Waals surface area (Å²) >= 11 is 4.73. The van der Waals surface area contributed by atoms with E-state index in [1.165, 1.54) is 57.5 Å². The molecule has 36 heavy (non-hydrogen) atoms. The Balaban J connectivity index is 1.31. The molecular formula is C26H32N4O3S3. The third kappa shape index (κ3) is 4.99. The van der Waals surface area contributed by atoms with Gasteiger partial charge in [-0.15, -0.1) is 32.9 Å². The predicted octanol–water partition coefficient (Wildman–Crippen LogP) is 6.00. The van der Waals surface area contributed by atoms with Gasteiger partial charge in [-0.25, -0.2) is 4.79 Å². The Hall–Kier alpha value is -2.17. The van der Waals surface area contributed by atoms with Crippen LogP contribution in [0.25, 0.3) is 11.4 Å². The molecular weight excluding hydrogens is 513 g/mol. The number of esters is 1. The van der Waals surface area contributed by atoms with Crippen molar-refractivity contribution in [2.45, 2.75) is 76.9 Å². The van der Waals surface area contributed by atoms with E-state index in [1.54, 1.807) is 0 Å². The van der Waals surface area contributed by atoms with Crippen LogP contribution in [0.15, 0.2) is 10.5 Å². The van der Waals surface area contributed by atoms with E-state index in [9.17, 15) is 9.59 Å². The number of anilines is 1. The minimum Gasteiger partial charge on any atom is -0.465 e. The van der Waals surface area contributed by atoms with Crippen molar-refractivity contribution in [3.05, 3.63) is 31.8 Å². The molecule has 2 aliphatic carbocycles. The van der Waals surface area contributed by atoms with Gasteiger partial charge in [0.05, 0.1) is 18.4 Å². The van der Waals surface area contributed by atoms with Crippen molar-refractivity contribution < 1.29 is 14.3 Å². The molecule has 7 nitrogen and oxygen atoms in total. The second-order valence-electron chi connectivity index (χ2n) is 9.55. The number of carbonyl (C=O) groups excluding carboxylic acids is 2. The van der Waals surface area contributed by atoms with E-state index in [-0.39, 0.29) is 17.6 Å². The van der Waals surface area contributed by atoms with E-state index in [4.69, 9.17) is 4.74 Å². The molecule has 3 aromatic heterocycles. The number of hydrogen-bond donors (Lipinski definition) is 1.